The molecular formula is C22H22F3N3O4. The van der Waals surface area contributed by atoms with E-state index in [2.05, 4.69) is 10.1 Å². The van der Waals surface area contributed by atoms with E-state index in [-0.39, 0.29) is 37.0 Å². The first-order chi connectivity index (χ1) is 15.1. The van der Waals surface area contributed by atoms with Crippen LogP contribution in [0.15, 0.2) is 54.6 Å². The van der Waals surface area contributed by atoms with E-state index in [1.165, 1.54) is 24.1 Å². The molecule has 1 saturated heterocycles. The van der Waals surface area contributed by atoms with Gasteiger partial charge < -0.3 is 19.9 Å². The van der Waals surface area contributed by atoms with Gasteiger partial charge in [-0.25, -0.2) is 0 Å². The Kier molecular flexibility index (Phi) is 7.01. The fourth-order valence-electron chi connectivity index (χ4n) is 3.44. The van der Waals surface area contributed by atoms with E-state index in [4.69, 9.17) is 0 Å². The Morgan fingerprint density at radius 1 is 1.12 bits per heavy atom. The fraction of sp³-hybridized carbons (Fsp3) is 0.318. The van der Waals surface area contributed by atoms with Crippen LogP contribution in [-0.4, -0.2) is 54.0 Å². The van der Waals surface area contributed by atoms with Gasteiger partial charge in [0.05, 0.1) is 12.5 Å². The van der Waals surface area contributed by atoms with Gasteiger partial charge in [-0.05, 0) is 29.8 Å². The monoisotopic (exact) mass is 449 g/mol. The first-order valence-electron chi connectivity index (χ1n) is 9.83. The van der Waals surface area contributed by atoms with Crippen LogP contribution in [0, 0.1) is 5.92 Å². The number of amides is 3. The number of benzene rings is 2. The second-order valence-corrected chi connectivity index (χ2v) is 7.48. The topological polar surface area (TPSA) is 79.0 Å². The SMILES string of the molecule is CN(CC(=O)Nc1ccc(OC(F)(F)F)cc1)C(=O)[C@H]1CC(=O)N(Cc2ccccc2)C1. The number of anilines is 1. The minimum atomic E-state index is -4.80. The summed E-state index contributed by atoms with van der Waals surface area (Å²) in [5.74, 6) is -1.91. The molecule has 0 spiro atoms. The summed E-state index contributed by atoms with van der Waals surface area (Å²) in [6.45, 7) is 0.434. The number of carbonyl (C=O) groups excluding carboxylic acids is 3. The molecule has 1 heterocycles. The summed E-state index contributed by atoms with van der Waals surface area (Å²) in [6.07, 6.45) is -4.72. The molecule has 0 bridgehead atoms. The van der Waals surface area contributed by atoms with Crippen LogP contribution >= 0.6 is 0 Å². The zero-order chi connectivity index (χ0) is 23.3. The highest BCUT2D eigenvalue weighted by Gasteiger charge is 2.36. The van der Waals surface area contributed by atoms with Crippen molar-refractivity contribution in [1.29, 1.82) is 0 Å². The van der Waals surface area contributed by atoms with Gasteiger partial charge in [0.1, 0.15) is 5.75 Å². The van der Waals surface area contributed by atoms with Crippen LogP contribution in [-0.2, 0) is 20.9 Å². The maximum atomic E-state index is 12.7. The van der Waals surface area contributed by atoms with Gasteiger partial charge >= 0.3 is 6.36 Å². The van der Waals surface area contributed by atoms with Gasteiger partial charge in [-0.3, -0.25) is 14.4 Å². The molecule has 32 heavy (non-hydrogen) atoms. The van der Waals surface area contributed by atoms with Crippen LogP contribution in [0.3, 0.4) is 0 Å². The van der Waals surface area contributed by atoms with E-state index in [0.717, 1.165) is 17.7 Å². The van der Waals surface area contributed by atoms with Gasteiger partial charge in [-0.15, -0.1) is 13.2 Å². The fourth-order valence-corrected chi connectivity index (χ4v) is 3.44. The normalized spacial score (nSPS) is 16.1. The van der Waals surface area contributed by atoms with E-state index >= 15 is 0 Å². The van der Waals surface area contributed by atoms with E-state index in [1.807, 2.05) is 30.3 Å². The van der Waals surface area contributed by atoms with E-state index in [9.17, 15) is 27.6 Å². The number of hydrogen-bond acceptors (Lipinski definition) is 4. The van der Waals surface area contributed by atoms with Crippen molar-refractivity contribution < 1.29 is 32.3 Å². The lowest BCUT2D eigenvalue weighted by atomic mass is 10.1. The largest absolute Gasteiger partial charge is 0.573 e. The van der Waals surface area contributed by atoms with Crippen LogP contribution in [0.25, 0.3) is 0 Å². The number of likely N-dealkylation sites (tertiary alicyclic amines) is 1. The average molecular weight is 449 g/mol. The van der Waals surface area contributed by atoms with E-state index in [1.54, 1.807) is 4.90 Å². The Morgan fingerprint density at radius 2 is 1.78 bits per heavy atom. The number of alkyl halides is 3. The molecule has 1 N–H and O–H groups in total. The summed E-state index contributed by atoms with van der Waals surface area (Å²) in [5.41, 5.74) is 1.23. The summed E-state index contributed by atoms with van der Waals surface area (Å²) in [5, 5.41) is 2.51. The lowest BCUT2D eigenvalue weighted by Crippen LogP contribution is -2.39. The Balaban J connectivity index is 1.49. The first-order valence-corrected chi connectivity index (χ1v) is 9.83. The summed E-state index contributed by atoms with van der Waals surface area (Å²) < 4.78 is 40.4. The lowest BCUT2D eigenvalue weighted by molar-refractivity contribution is -0.274. The Hall–Kier alpha value is -3.56. The number of nitrogens with one attached hydrogen (secondary N) is 1. The van der Waals surface area contributed by atoms with E-state index < -0.39 is 23.9 Å². The second-order valence-electron chi connectivity index (χ2n) is 7.48. The lowest BCUT2D eigenvalue weighted by Gasteiger charge is -2.21. The van der Waals surface area contributed by atoms with Crippen molar-refractivity contribution in [3.63, 3.8) is 0 Å². The Labute approximate surface area is 182 Å². The predicted molar refractivity (Wildman–Crippen MR) is 109 cm³/mol. The molecule has 2 aromatic rings. The summed E-state index contributed by atoms with van der Waals surface area (Å²) in [7, 11) is 1.46. The summed E-state index contributed by atoms with van der Waals surface area (Å²) in [6, 6.07) is 14.1. The maximum absolute atomic E-state index is 12.7. The van der Waals surface area contributed by atoms with Gasteiger partial charge in [-0.2, -0.15) is 0 Å². The molecule has 7 nitrogen and oxygen atoms in total. The molecule has 3 amide bonds. The highest BCUT2D eigenvalue weighted by Crippen LogP contribution is 2.24. The average Bonchev–Trinajstić information content (AvgIpc) is 3.08. The van der Waals surface area contributed by atoms with Crippen molar-refractivity contribution in [3.8, 4) is 5.75 Å². The van der Waals surface area contributed by atoms with Gasteiger partial charge in [0.15, 0.2) is 0 Å². The standard InChI is InChI=1S/C22H22F3N3O4/c1-27(14-19(29)26-17-7-9-18(10-8-17)32-22(23,24)25)21(31)16-11-20(30)28(13-16)12-15-5-3-2-4-6-15/h2-10,16H,11-14H2,1H3,(H,26,29)/t16-/m0/s1. The Bertz CT molecular complexity index is 965. The van der Waals surface area contributed by atoms with Crippen LogP contribution < -0.4 is 10.1 Å². The Morgan fingerprint density at radius 3 is 2.41 bits per heavy atom. The van der Waals surface area contributed by atoms with Crippen LogP contribution in [0.1, 0.15) is 12.0 Å². The molecule has 1 aliphatic rings. The zero-order valence-electron chi connectivity index (χ0n) is 17.3. The molecule has 0 unspecified atom stereocenters. The molecule has 0 aliphatic carbocycles. The molecule has 3 rings (SSSR count). The molecule has 1 fully saturated rings. The smallest absolute Gasteiger partial charge is 0.406 e. The minimum Gasteiger partial charge on any atom is -0.406 e. The number of nitrogens with zero attached hydrogens (tertiary/aromatic N) is 2. The van der Waals surface area contributed by atoms with Crippen molar-refractivity contribution >= 4 is 23.4 Å². The molecule has 2 aromatic carbocycles. The number of carbonyl (C=O) groups is 3. The summed E-state index contributed by atoms with van der Waals surface area (Å²) in [4.78, 5) is 40.1. The third-order valence-electron chi connectivity index (χ3n) is 4.91. The molecule has 0 radical (unpaired) electrons. The number of ether oxygens (including phenoxy) is 1. The van der Waals surface area contributed by atoms with Gasteiger partial charge in [0.2, 0.25) is 17.7 Å². The second kappa shape index (κ2) is 9.71. The highest BCUT2D eigenvalue weighted by molar-refractivity contribution is 5.96. The third kappa shape index (κ3) is 6.47. The minimum absolute atomic E-state index is 0.0816. The maximum Gasteiger partial charge on any atom is 0.573 e. The highest BCUT2D eigenvalue weighted by atomic mass is 19.4. The predicted octanol–water partition coefficient (Wildman–Crippen LogP) is 3.03. The molecular weight excluding hydrogens is 427 g/mol. The molecule has 1 aliphatic heterocycles. The van der Waals surface area contributed by atoms with Crippen molar-refractivity contribution in [2.75, 3.05) is 25.5 Å². The summed E-state index contributed by atoms with van der Waals surface area (Å²) >= 11 is 0. The van der Waals surface area contributed by atoms with E-state index in [0.29, 0.717) is 6.54 Å². The molecule has 0 saturated carbocycles. The van der Waals surface area contributed by atoms with Gasteiger partial charge in [0, 0.05) is 32.2 Å². The van der Waals surface area contributed by atoms with Crippen molar-refractivity contribution in [2.45, 2.75) is 19.3 Å². The van der Waals surface area contributed by atoms with Crippen LogP contribution in [0.4, 0.5) is 18.9 Å². The molecule has 0 aromatic heterocycles. The van der Waals surface area contributed by atoms with Crippen molar-refractivity contribution in [2.24, 2.45) is 5.92 Å². The van der Waals surface area contributed by atoms with Gasteiger partial charge in [0.25, 0.3) is 0 Å². The van der Waals surface area contributed by atoms with Gasteiger partial charge in [-0.1, -0.05) is 30.3 Å². The van der Waals surface area contributed by atoms with Crippen molar-refractivity contribution in [1.82, 2.24) is 9.80 Å². The number of rotatable bonds is 7. The quantitative estimate of drug-likeness (QED) is 0.705. The number of likely N-dealkylation sites (N-methyl/N-ethyl adjacent to an activating group) is 1. The number of hydrogen-bond donors (Lipinski definition) is 1. The molecule has 10 heteroatoms. The molecule has 170 valence electrons. The zero-order valence-corrected chi connectivity index (χ0v) is 17.3. The molecule has 1 atom stereocenters. The first kappa shape index (κ1) is 23.1. The van der Waals surface area contributed by atoms with Crippen LogP contribution in [0.2, 0.25) is 0 Å². The van der Waals surface area contributed by atoms with Crippen molar-refractivity contribution in [3.05, 3.63) is 60.2 Å². The third-order valence-corrected chi connectivity index (χ3v) is 4.91. The number of halogens is 3. The van der Waals surface area contributed by atoms with Crippen LogP contribution in [0.5, 0.6) is 5.75 Å².